The largest absolute Gasteiger partial charge is 0.369 e. The molecule has 1 amide bonds. The Kier molecular flexibility index (Phi) is 6.97. The Morgan fingerprint density at radius 1 is 1.17 bits per heavy atom. The van der Waals surface area contributed by atoms with Crippen LogP contribution in [-0.2, 0) is 6.54 Å². The summed E-state index contributed by atoms with van der Waals surface area (Å²) >= 11 is 1.54. The van der Waals surface area contributed by atoms with Crippen LogP contribution in [0.2, 0.25) is 0 Å². The summed E-state index contributed by atoms with van der Waals surface area (Å²) in [6.45, 7) is 5.53. The van der Waals surface area contributed by atoms with E-state index in [1.807, 2.05) is 6.92 Å². The third kappa shape index (κ3) is 5.00. The molecule has 29 heavy (non-hydrogen) atoms. The molecule has 7 nitrogen and oxygen atoms in total. The fourth-order valence-electron chi connectivity index (χ4n) is 2.69. The molecule has 0 spiro atoms. The van der Waals surface area contributed by atoms with Gasteiger partial charge in [-0.1, -0.05) is 25.6 Å². The maximum atomic E-state index is 13.3. The molecule has 2 heterocycles. The third-order valence-electron chi connectivity index (χ3n) is 4.08. The molecule has 0 aliphatic rings. The van der Waals surface area contributed by atoms with E-state index in [9.17, 15) is 13.6 Å². The molecular formula is C19H22F2N6OS. The van der Waals surface area contributed by atoms with Crippen LogP contribution >= 0.6 is 11.8 Å². The second kappa shape index (κ2) is 9.64. The third-order valence-corrected chi connectivity index (χ3v) is 4.81. The normalized spacial score (nSPS) is 11.0. The van der Waals surface area contributed by atoms with Crippen LogP contribution in [-0.4, -0.2) is 44.5 Å². The minimum atomic E-state index is -1.06. The molecule has 0 saturated carbocycles. The first kappa shape index (κ1) is 21.0. The minimum Gasteiger partial charge on any atom is -0.369 e. The zero-order chi connectivity index (χ0) is 20.8. The van der Waals surface area contributed by atoms with Crippen molar-refractivity contribution in [3.8, 4) is 0 Å². The van der Waals surface area contributed by atoms with Gasteiger partial charge in [0.15, 0.2) is 22.4 Å². The first-order valence-electron chi connectivity index (χ1n) is 9.37. The number of benzene rings is 1. The van der Waals surface area contributed by atoms with Crippen molar-refractivity contribution >= 4 is 34.5 Å². The van der Waals surface area contributed by atoms with E-state index < -0.39 is 17.5 Å². The SMILES string of the molecule is CCCNc1nc(SCC)nc2c1cnn2CCNC(=O)c1ccc(F)c(F)c1. The monoisotopic (exact) mass is 420 g/mol. The Labute approximate surface area is 171 Å². The minimum absolute atomic E-state index is 0.0595. The zero-order valence-electron chi connectivity index (χ0n) is 16.2. The maximum absolute atomic E-state index is 13.3. The fourth-order valence-corrected chi connectivity index (χ4v) is 3.25. The van der Waals surface area contributed by atoms with Crippen LogP contribution in [0, 0.1) is 11.6 Å². The first-order chi connectivity index (χ1) is 14.0. The Morgan fingerprint density at radius 3 is 2.72 bits per heavy atom. The molecule has 3 aromatic rings. The van der Waals surface area contributed by atoms with E-state index in [2.05, 4.69) is 32.6 Å². The standard InChI is InChI=1S/C19H22F2N6OS/c1-3-7-22-16-13-11-24-27(17(13)26-19(25-16)29-4-2)9-8-23-18(28)12-5-6-14(20)15(21)10-12/h5-6,10-11H,3-4,7-9H2,1-2H3,(H,23,28)(H,22,25,26). The fraction of sp³-hybridized carbons (Fsp3) is 0.368. The summed E-state index contributed by atoms with van der Waals surface area (Å²) in [5.41, 5.74) is 0.737. The van der Waals surface area contributed by atoms with E-state index in [-0.39, 0.29) is 12.1 Å². The number of thioether (sulfide) groups is 1. The second-order valence-electron chi connectivity index (χ2n) is 6.20. The lowest BCUT2D eigenvalue weighted by Crippen LogP contribution is -2.27. The summed E-state index contributed by atoms with van der Waals surface area (Å²) in [6, 6.07) is 3.05. The van der Waals surface area contributed by atoms with Crippen molar-refractivity contribution in [3.05, 3.63) is 41.6 Å². The van der Waals surface area contributed by atoms with Crippen LogP contribution in [0.1, 0.15) is 30.6 Å². The number of nitrogens with one attached hydrogen (secondary N) is 2. The lowest BCUT2D eigenvalue weighted by atomic mass is 10.2. The maximum Gasteiger partial charge on any atom is 0.251 e. The molecule has 0 saturated heterocycles. The van der Waals surface area contributed by atoms with Crippen molar-refractivity contribution in [3.63, 3.8) is 0 Å². The Balaban J connectivity index is 1.73. The molecule has 0 aliphatic heterocycles. The van der Waals surface area contributed by atoms with Crippen molar-refractivity contribution < 1.29 is 13.6 Å². The van der Waals surface area contributed by atoms with Gasteiger partial charge in [0.05, 0.1) is 18.1 Å². The highest BCUT2D eigenvalue weighted by Crippen LogP contribution is 2.24. The predicted octanol–water partition coefficient (Wildman–Crippen LogP) is 3.47. The van der Waals surface area contributed by atoms with Gasteiger partial charge in [0, 0.05) is 18.7 Å². The number of anilines is 1. The lowest BCUT2D eigenvalue weighted by molar-refractivity contribution is 0.0951. The molecule has 0 radical (unpaired) electrons. The summed E-state index contributed by atoms with van der Waals surface area (Å²) in [7, 11) is 0. The molecule has 0 aliphatic carbocycles. The number of nitrogens with zero attached hydrogens (tertiary/aromatic N) is 4. The van der Waals surface area contributed by atoms with Crippen LogP contribution in [0.4, 0.5) is 14.6 Å². The van der Waals surface area contributed by atoms with Gasteiger partial charge in [-0.15, -0.1) is 0 Å². The van der Waals surface area contributed by atoms with Crippen LogP contribution < -0.4 is 10.6 Å². The molecular weight excluding hydrogens is 398 g/mol. The van der Waals surface area contributed by atoms with E-state index in [4.69, 9.17) is 0 Å². The summed E-state index contributed by atoms with van der Waals surface area (Å²) < 4.78 is 28.0. The number of amides is 1. The number of hydrogen-bond acceptors (Lipinski definition) is 6. The van der Waals surface area contributed by atoms with Crippen molar-refractivity contribution in [2.45, 2.75) is 32.0 Å². The van der Waals surface area contributed by atoms with Crippen molar-refractivity contribution in [1.29, 1.82) is 0 Å². The molecule has 10 heteroatoms. The van der Waals surface area contributed by atoms with Gasteiger partial charge in [-0.3, -0.25) is 4.79 Å². The van der Waals surface area contributed by atoms with E-state index in [0.717, 1.165) is 42.1 Å². The van der Waals surface area contributed by atoms with Gasteiger partial charge in [0.25, 0.3) is 5.91 Å². The van der Waals surface area contributed by atoms with Crippen molar-refractivity contribution in [1.82, 2.24) is 25.1 Å². The first-order valence-corrected chi connectivity index (χ1v) is 10.4. The lowest BCUT2D eigenvalue weighted by Gasteiger charge is -2.09. The molecule has 3 rings (SSSR count). The average Bonchev–Trinajstić information content (AvgIpc) is 3.11. The average molecular weight is 420 g/mol. The highest BCUT2D eigenvalue weighted by atomic mass is 32.2. The van der Waals surface area contributed by atoms with Crippen LogP contribution in [0.15, 0.2) is 29.6 Å². The smallest absolute Gasteiger partial charge is 0.251 e. The number of fused-ring (bicyclic) bond motifs is 1. The van der Waals surface area contributed by atoms with E-state index >= 15 is 0 Å². The molecule has 0 atom stereocenters. The Bertz CT molecular complexity index is 1010. The molecule has 0 bridgehead atoms. The second-order valence-corrected chi connectivity index (χ2v) is 7.44. The number of hydrogen-bond donors (Lipinski definition) is 2. The molecule has 154 valence electrons. The van der Waals surface area contributed by atoms with Gasteiger partial charge in [-0.05, 0) is 30.4 Å². The number of rotatable bonds is 9. The summed E-state index contributed by atoms with van der Waals surface area (Å²) in [4.78, 5) is 21.3. The molecule has 0 unspecified atom stereocenters. The van der Waals surface area contributed by atoms with Crippen molar-refractivity contribution in [2.75, 3.05) is 24.2 Å². The van der Waals surface area contributed by atoms with Gasteiger partial charge in [-0.25, -0.2) is 23.4 Å². The van der Waals surface area contributed by atoms with Crippen molar-refractivity contribution in [2.24, 2.45) is 0 Å². The Morgan fingerprint density at radius 2 is 2.00 bits per heavy atom. The van der Waals surface area contributed by atoms with Crippen LogP contribution in [0.25, 0.3) is 11.0 Å². The van der Waals surface area contributed by atoms with Gasteiger partial charge in [0.2, 0.25) is 0 Å². The van der Waals surface area contributed by atoms with Crippen LogP contribution in [0.3, 0.4) is 0 Å². The summed E-state index contributed by atoms with van der Waals surface area (Å²) in [5, 5.41) is 11.8. The highest BCUT2D eigenvalue weighted by Gasteiger charge is 2.14. The molecule has 2 N–H and O–H groups in total. The molecule has 2 aromatic heterocycles. The zero-order valence-corrected chi connectivity index (χ0v) is 17.0. The van der Waals surface area contributed by atoms with E-state index in [1.165, 1.54) is 17.8 Å². The van der Waals surface area contributed by atoms with E-state index in [1.54, 1.807) is 10.9 Å². The quantitative estimate of drug-likeness (QED) is 0.407. The highest BCUT2D eigenvalue weighted by molar-refractivity contribution is 7.99. The molecule has 0 fully saturated rings. The van der Waals surface area contributed by atoms with Gasteiger partial charge >= 0.3 is 0 Å². The summed E-state index contributed by atoms with van der Waals surface area (Å²) in [6.07, 6.45) is 2.66. The number of halogens is 2. The van der Waals surface area contributed by atoms with E-state index in [0.29, 0.717) is 17.3 Å². The van der Waals surface area contributed by atoms with Gasteiger partial charge < -0.3 is 10.6 Å². The van der Waals surface area contributed by atoms with Crippen LogP contribution in [0.5, 0.6) is 0 Å². The predicted molar refractivity (Wildman–Crippen MR) is 109 cm³/mol. The number of carbonyl (C=O) groups excluding carboxylic acids is 1. The van der Waals surface area contributed by atoms with Gasteiger partial charge in [-0.2, -0.15) is 5.10 Å². The Hall–Kier alpha value is -2.75. The number of aromatic nitrogens is 4. The number of carbonyl (C=O) groups is 1. The topological polar surface area (TPSA) is 84.7 Å². The van der Waals surface area contributed by atoms with Gasteiger partial charge in [0.1, 0.15) is 5.82 Å². The summed E-state index contributed by atoms with van der Waals surface area (Å²) in [5.74, 6) is -0.942. The molecule has 1 aromatic carbocycles.